The van der Waals surface area contributed by atoms with Crippen molar-refractivity contribution in [2.75, 3.05) is 0 Å². The molecule has 1 heterocycles. The molecule has 0 saturated heterocycles. The van der Waals surface area contributed by atoms with Crippen LogP contribution < -0.4 is 0 Å². The fraction of sp³-hybridized carbons (Fsp3) is 0.185. The molecule has 192 valence electrons. The maximum Gasteiger partial charge on any atom is 0.277 e. The minimum absolute atomic E-state index is 0.259. The summed E-state index contributed by atoms with van der Waals surface area (Å²) in [6, 6.07) is 13.7. The van der Waals surface area contributed by atoms with Crippen LogP contribution in [0.15, 0.2) is 77.4 Å². The van der Waals surface area contributed by atoms with E-state index in [9.17, 15) is 33.8 Å². The first-order valence-electron chi connectivity index (χ1n) is 11.8. The smallest absolute Gasteiger partial charge is 0.267 e. The van der Waals surface area contributed by atoms with E-state index in [0.29, 0.717) is 24.1 Å². The molecule has 9 nitrogen and oxygen atoms in total. The molecule has 38 heavy (non-hydrogen) atoms. The molecule has 0 spiro atoms. The number of halogens is 2. The van der Waals surface area contributed by atoms with Crippen molar-refractivity contribution >= 4 is 29.1 Å². The van der Waals surface area contributed by atoms with Crippen LogP contribution in [0.5, 0.6) is 0 Å². The second-order valence-electron chi connectivity index (χ2n) is 9.10. The summed E-state index contributed by atoms with van der Waals surface area (Å²) in [5.74, 6) is -1.85. The highest BCUT2D eigenvalue weighted by atomic mass is 19.1. The molecule has 3 aromatic rings. The molecule has 2 unspecified atom stereocenters. The van der Waals surface area contributed by atoms with Gasteiger partial charge in [-0.3, -0.25) is 25.0 Å². The zero-order valence-electron chi connectivity index (χ0n) is 19.8. The fourth-order valence-electron chi connectivity index (χ4n) is 4.98. The Morgan fingerprint density at radius 2 is 1.50 bits per heavy atom. The Labute approximate surface area is 215 Å². The molecule has 2 aliphatic rings. The largest absolute Gasteiger partial charge is 0.277 e. The summed E-state index contributed by atoms with van der Waals surface area (Å²) in [4.78, 5) is 34.9. The lowest BCUT2D eigenvalue weighted by Gasteiger charge is -2.29. The molecule has 0 N–H and O–H groups in total. The van der Waals surface area contributed by atoms with Gasteiger partial charge in [0.1, 0.15) is 11.6 Å². The molecular weight excluding hydrogens is 498 g/mol. The van der Waals surface area contributed by atoms with Crippen LogP contribution in [0.2, 0.25) is 0 Å². The Kier molecular flexibility index (Phi) is 6.50. The first kappa shape index (κ1) is 24.9. The number of hydrogen-bond acceptors (Lipinski definition) is 6. The van der Waals surface area contributed by atoms with Crippen LogP contribution in [0.3, 0.4) is 0 Å². The monoisotopic (exact) mass is 518 g/mol. The average molecular weight is 518 g/mol. The number of nitro groups is 2. The molecule has 2 atom stereocenters. The molecule has 1 fully saturated rings. The normalized spacial score (nSPS) is 19.7. The summed E-state index contributed by atoms with van der Waals surface area (Å²) in [5.41, 5.74) is 1.38. The lowest BCUT2D eigenvalue weighted by molar-refractivity contribution is -0.394. The third kappa shape index (κ3) is 4.77. The van der Waals surface area contributed by atoms with Gasteiger partial charge in [-0.25, -0.2) is 13.8 Å². The highest BCUT2D eigenvalue weighted by molar-refractivity contribution is 6.09. The van der Waals surface area contributed by atoms with Gasteiger partial charge in [-0.2, -0.15) is 5.10 Å². The number of rotatable bonds is 5. The number of carbonyl (C=O) groups is 1. The van der Waals surface area contributed by atoms with Crippen molar-refractivity contribution in [3.05, 3.63) is 121 Å². The Hall–Kier alpha value is -4.80. The van der Waals surface area contributed by atoms with Crippen molar-refractivity contribution in [3.8, 4) is 0 Å². The van der Waals surface area contributed by atoms with Crippen molar-refractivity contribution in [1.29, 1.82) is 0 Å². The van der Waals surface area contributed by atoms with Gasteiger partial charge in [0.05, 0.1) is 33.2 Å². The van der Waals surface area contributed by atoms with Crippen molar-refractivity contribution in [2.45, 2.75) is 25.3 Å². The molecule has 1 amide bonds. The standard InChI is InChI=1S/C27H20F2N4O5/c28-20-8-4-16(5-9-20)12-18-2-1-3-24-25(18)30-31(26(24)17-6-10-21(29)11-7-17)27(34)19-13-22(32(35)36)15-23(14-19)33(37)38/h4-15,24,26H,1-3H2/b18-12+. The van der Waals surface area contributed by atoms with E-state index >= 15 is 0 Å². The van der Waals surface area contributed by atoms with Gasteiger partial charge in [0.15, 0.2) is 0 Å². The van der Waals surface area contributed by atoms with Crippen molar-refractivity contribution in [1.82, 2.24) is 5.01 Å². The predicted octanol–water partition coefficient (Wildman–Crippen LogP) is 6.22. The molecule has 11 heteroatoms. The zero-order chi connectivity index (χ0) is 27.0. The van der Waals surface area contributed by atoms with Gasteiger partial charge in [0.25, 0.3) is 17.3 Å². The van der Waals surface area contributed by atoms with Gasteiger partial charge < -0.3 is 0 Å². The minimum Gasteiger partial charge on any atom is -0.267 e. The quantitative estimate of drug-likeness (QED) is 0.293. The van der Waals surface area contributed by atoms with Crippen molar-refractivity contribution in [3.63, 3.8) is 0 Å². The van der Waals surface area contributed by atoms with Crippen molar-refractivity contribution in [2.24, 2.45) is 11.0 Å². The maximum atomic E-state index is 13.7. The molecule has 0 bridgehead atoms. The first-order valence-corrected chi connectivity index (χ1v) is 11.8. The third-order valence-corrected chi connectivity index (χ3v) is 6.70. The fourth-order valence-corrected chi connectivity index (χ4v) is 4.98. The van der Waals surface area contributed by atoms with Gasteiger partial charge in [0, 0.05) is 18.1 Å². The van der Waals surface area contributed by atoms with Crippen LogP contribution >= 0.6 is 0 Å². The number of carbonyl (C=O) groups excluding carboxylic acids is 1. The second-order valence-corrected chi connectivity index (χ2v) is 9.10. The van der Waals surface area contributed by atoms with Gasteiger partial charge in [-0.15, -0.1) is 0 Å². The second kappa shape index (κ2) is 9.92. The van der Waals surface area contributed by atoms with E-state index in [1.54, 1.807) is 24.3 Å². The number of allylic oxidation sites excluding steroid dienone is 1. The lowest BCUT2D eigenvalue weighted by atomic mass is 9.77. The number of nitrogens with zero attached hydrogens (tertiary/aromatic N) is 4. The van der Waals surface area contributed by atoms with Gasteiger partial charge >= 0.3 is 0 Å². The SMILES string of the molecule is O=C(c1cc([N+](=O)[O-])cc([N+](=O)[O-])c1)N1N=C2/C(=C/c3ccc(F)cc3)CCCC2C1c1ccc(F)cc1. The molecule has 0 aromatic heterocycles. The van der Waals surface area contributed by atoms with Crippen molar-refractivity contribution < 1.29 is 23.4 Å². The van der Waals surface area contributed by atoms with E-state index in [2.05, 4.69) is 5.10 Å². The van der Waals surface area contributed by atoms with Crippen LogP contribution in [0.4, 0.5) is 20.2 Å². The van der Waals surface area contributed by atoms with Gasteiger partial charge in [-0.05, 0) is 66.3 Å². The lowest BCUT2D eigenvalue weighted by Crippen LogP contribution is -2.32. The number of fused-ring (bicyclic) bond motifs is 1. The summed E-state index contributed by atoms with van der Waals surface area (Å²) >= 11 is 0. The number of amides is 1. The Morgan fingerprint density at radius 1 is 0.921 bits per heavy atom. The van der Waals surface area contributed by atoms with E-state index in [1.807, 2.05) is 6.08 Å². The number of nitro benzene ring substituents is 2. The summed E-state index contributed by atoms with van der Waals surface area (Å²) in [6.07, 6.45) is 3.98. The number of hydrazone groups is 1. The first-order chi connectivity index (χ1) is 18.2. The topological polar surface area (TPSA) is 119 Å². The Morgan fingerprint density at radius 3 is 2.08 bits per heavy atom. The summed E-state index contributed by atoms with van der Waals surface area (Å²) < 4.78 is 27.1. The highest BCUT2D eigenvalue weighted by Gasteiger charge is 2.44. The Bertz CT molecular complexity index is 1470. The van der Waals surface area contributed by atoms with Crippen LogP contribution in [0.25, 0.3) is 6.08 Å². The zero-order valence-corrected chi connectivity index (χ0v) is 19.8. The van der Waals surface area contributed by atoms with E-state index in [4.69, 9.17) is 0 Å². The summed E-state index contributed by atoms with van der Waals surface area (Å²) in [6.45, 7) is 0. The summed E-state index contributed by atoms with van der Waals surface area (Å²) in [5, 5.41) is 28.6. The molecule has 1 saturated carbocycles. The maximum absolute atomic E-state index is 13.7. The van der Waals surface area contributed by atoms with Crippen LogP contribution in [0.1, 0.15) is 46.8 Å². The van der Waals surface area contributed by atoms with Crippen LogP contribution in [-0.2, 0) is 0 Å². The molecule has 3 aromatic carbocycles. The Balaban J connectivity index is 1.61. The molecular formula is C27H20F2N4O5. The van der Waals surface area contributed by atoms with E-state index in [1.165, 1.54) is 29.3 Å². The molecule has 1 aliphatic heterocycles. The van der Waals surface area contributed by atoms with Crippen LogP contribution in [-0.4, -0.2) is 26.5 Å². The third-order valence-electron chi connectivity index (χ3n) is 6.70. The predicted molar refractivity (Wildman–Crippen MR) is 134 cm³/mol. The molecule has 5 rings (SSSR count). The van der Waals surface area contributed by atoms with Crippen LogP contribution in [0, 0.1) is 37.8 Å². The van der Waals surface area contributed by atoms with Gasteiger partial charge in [0.2, 0.25) is 0 Å². The molecule has 0 radical (unpaired) electrons. The van der Waals surface area contributed by atoms with E-state index < -0.39 is 39.0 Å². The highest BCUT2D eigenvalue weighted by Crippen LogP contribution is 2.45. The number of non-ortho nitro benzene ring substituents is 2. The van der Waals surface area contributed by atoms with Gasteiger partial charge in [-0.1, -0.05) is 24.3 Å². The minimum atomic E-state index is -0.805. The number of hydrogen-bond donors (Lipinski definition) is 0. The molecule has 1 aliphatic carbocycles. The number of benzene rings is 3. The average Bonchev–Trinajstić information content (AvgIpc) is 3.30. The van der Waals surface area contributed by atoms with E-state index in [-0.39, 0.29) is 17.3 Å². The summed E-state index contributed by atoms with van der Waals surface area (Å²) in [7, 11) is 0. The van der Waals surface area contributed by atoms with E-state index in [0.717, 1.165) is 35.8 Å².